The van der Waals surface area contributed by atoms with E-state index in [1.807, 2.05) is 23.5 Å². The summed E-state index contributed by atoms with van der Waals surface area (Å²) in [6.07, 6.45) is 19.8. The molecule has 436 valence electrons. The fourth-order valence-electron chi connectivity index (χ4n) is 11.4. The molecule has 2 aliphatic heterocycles. The van der Waals surface area contributed by atoms with E-state index in [0.717, 1.165) is 86.7 Å². The molecule has 0 unspecified atom stereocenters. The highest BCUT2D eigenvalue weighted by atomic mass is 32.2. The lowest BCUT2D eigenvalue weighted by molar-refractivity contribution is -0.554. The Kier molecular flexibility index (Phi) is 22.3. The van der Waals surface area contributed by atoms with Crippen molar-refractivity contribution in [2.75, 3.05) is 81.5 Å². The Labute approximate surface area is 509 Å². The molecule has 8 aromatic rings. The molecule has 84 heavy (non-hydrogen) atoms. The molecule has 0 bridgehead atoms. The normalized spacial score (nSPS) is 13.7. The van der Waals surface area contributed by atoms with Crippen molar-refractivity contribution < 1.29 is 18.7 Å². The van der Waals surface area contributed by atoms with Gasteiger partial charge in [0.2, 0.25) is 0 Å². The molecular formula is C73H87N7O2S2+2. The Hall–Kier alpha value is -7.18. The van der Waals surface area contributed by atoms with Gasteiger partial charge in [0, 0.05) is 72.5 Å². The average Bonchev–Trinajstić information content (AvgIpc) is 1.44. The topological polar surface area (TPSA) is 58.1 Å². The van der Waals surface area contributed by atoms with Crippen LogP contribution in [0, 0.1) is 0 Å². The van der Waals surface area contributed by atoms with Crippen molar-refractivity contribution in [3.05, 3.63) is 191 Å². The van der Waals surface area contributed by atoms with E-state index in [1.54, 1.807) is 0 Å². The number of hydrogen-bond donors (Lipinski definition) is 0. The summed E-state index contributed by atoms with van der Waals surface area (Å²) in [6, 6.07) is 60.3. The predicted octanol–water partition coefficient (Wildman–Crippen LogP) is 16.8. The number of fused-ring (bicyclic) bond motifs is 4. The molecule has 0 radical (unpaired) electrons. The van der Waals surface area contributed by atoms with E-state index >= 15 is 0 Å². The third kappa shape index (κ3) is 15.8. The fourth-order valence-corrected chi connectivity index (χ4v) is 13.6. The minimum absolute atomic E-state index is 0.373. The van der Waals surface area contributed by atoms with Gasteiger partial charge in [-0.05, 0) is 137 Å². The zero-order chi connectivity index (χ0) is 58.8. The van der Waals surface area contributed by atoms with Crippen LogP contribution < -0.4 is 28.7 Å². The molecule has 9 nitrogen and oxygen atoms in total. The van der Waals surface area contributed by atoms with Gasteiger partial charge in [-0.1, -0.05) is 166 Å². The molecule has 2 aliphatic rings. The van der Waals surface area contributed by atoms with E-state index < -0.39 is 0 Å². The molecule has 0 atom stereocenters. The molecule has 0 aliphatic carbocycles. The molecule has 0 saturated heterocycles. The number of ketones is 2. The van der Waals surface area contributed by atoms with Gasteiger partial charge in [0.1, 0.15) is 34.0 Å². The van der Waals surface area contributed by atoms with Crippen LogP contribution in [0.15, 0.2) is 190 Å². The number of para-hydroxylation sites is 6. The second-order valence-corrected chi connectivity index (χ2v) is 24.9. The summed E-state index contributed by atoms with van der Waals surface area (Å²) in [5.74, 6) is 3.02. The highest BCUT2D eigenvalue weighted by molar-refractivity contribution is 8.04. The van der Waals surface area contributed by atoms with Crippen molar-refractivity contribution in [1.82, 2.24) is 4.90 Å². The van der Waals surface area contributed by atoms with E-state index in [4.69, 9.17) is 0 Å². The molecule has 0 amide bonds. The molecule has 11 heteroatoms. The summed E-state index contributed by atoms with van der Waals surface area (Å²) in [6.45, 7) is 4.92. The zero-order valence-electron chi connectivity index (χ0n) is 50.8. The maximum absolute atomic E-state index is 12.7. The molecule has 6 aromatic carbocycles. The maximum atomic E-state index is 12.7. The van der Waals surface area contributed by atoms with Gasteiger partial charge in [-0.2, -0.15) is 9.13 Å². The lowest BCUT2D eigenvalue weighted by Gasteiger charge is -2.19. The van der Waals surface area contributed by atoms with Gasteiger partial charge >= 0.3 is 0 Å². The fraction of sp³-hybridized carbons (Fsp3) is 0.342. The van der Waals surface area contributed by atoms with Crippen LogP contribution in [0.5, 0.6) is 0 Å². The van der Waals surface area contributed by atoms with E-state index in [-0.39, 0.29) is 0 Å². The minimum Gasteiger partial charge on any atom is -0.338 e. The van der Waals surface area contributed by atoms with Crippen LogP contribution in [0.3, 0.4) is 0 Å². The predicted molar refractivity (Wildman–Crippen MR) is 358 cm³/mol. The SMILES string of the molecule is CCCCCCCCCC(=O)CCCN(C)c1cc(C=C2Sc3ccccc3N2C)c2ccccc2[n+]1-c1ccccc1.CN(C)CCCCC(=O)CCCN(C)c1cc(C=C2Sc3ccccc3N2C)c2ccccc2[n+]1-c1ccccc1. The summed E-state index contributed by atoms with van der Waals surface area (Å²) < 4.78 is 4.71. The first-order valence-corrected chi connectivity index (χ1v) is 32.2. The highest BCUT2D eigenvalue weighted by Crippen LogP contribution is 2.47. The standard InChI is InChI=1S/C38H46N3OS.C35H41N4OS/c1-4-5-6-7-8-9-13-21-32(42)22-18-27-39(2)37-28-30(29-38-40(3)35-25-16-17-26-36(35)43-38)33-23-14-15-24-34(33)41(37)31-19-11-10-12-20-31;1-36(2)23-13-12-17-29(40)18-14-24-37(3)34-25-27(26-35-38(4)32-21-10-11-22-33(32)41-35)30-19-8-9-20-31(30)39(34)28-15-6-5-7-16-28/h10-12,14-17,19-20,23-26,28-29H,4-9,13,18,21-22,27H2,1-3H3;5-11,15-16,19-22,25-26H,12-14,17-18,23-24H2,1-4H3/q2*+1. The summed E-state index contributed by atoms with van der Waals surface area (Å²) in [5, 5.41) is 4.85. The van der Waals surface area contributed by atoms with Crippen molar-refractivity contribution in [3.8, 4) is 11.4 Å². The first-order valence-electron chi connectivity index (χ1n) is 30.6. The molecule has 0 N–H and O–H groups in total. The van der Waals surface area contributed by atoms with Crippen LogP contribution >= 0.6 is 23.5 Å². The van der Waals surface area contributed by atoms with E-state index in [1.165, 1.54) is 97.2 Å². The number of aromatic nitrogens is 2. The number of unbranched alkanes of at least 4 members (excludes halogenated alkanes) is 7. The molecule has 0 saturated carbocycles. The minimum atomic E-state index is 0.373. The van der Waals surface area contributed by atoms with Crippen LogP contribution in [0.4, 0.5) is 23.0 Å². The van der Waals surface area contributed by atoms with Gasteiger partial charge in [-0.15, -0.1) is 0 Å². The Bertz CT molecular complexity index is 3550. The van der Waals surface area contributed by atoms with E-state index in [0.29, 0.717) is 30.8 Å². The van der Waals surface area contributed by atoms with Gasteiger partial charge in [0.15, 0.2) is 0 Å². The second kappa shape index (κ2) is 30.6. The zero-order valence-corrected chi connectivity index (χ0v) is 52.4. The van der Waals surface area contributed by atoms with Gasteiger partial charge < -0.3 is 14.7 Å². The lowest BCUT2D eigenvalue weighted by Crippen LogP contribution is -2.40. The quantitative estimate of drug-likeness (QED) is 0.0370. The number of pyridine rings is 2. The summed E-state index contributed by atoms with van der Waals surface area (Å²) in [4.78, 5) is 39.2. The number of hydrogen-bond acceptors (Lipinski definition) is 9. The second-order valence-electron chi connectivity index (χ2n) is 22.8. The van der Waals surface area contributed by atoms with Crippen LogP contribution in [0.2, 0.25) is 0 Å². The van der Waals surface area contributed by atoms with Gasteiger partial charge in [0.05, 0.1) is 48.6 Å². The molecule has 2 aromatic heterocycles. The Morgan fingerprint density at radius 2 is 0.821 bits per heavy atom. The Morgan fingerprint density at radius 1 is 0.440 bits per heavy atom. The summed E-state index contributed by atoms with van der Waals surface area (Å²) >= 11 is 3.64. The molecule has 0 fully saturated rings. The highest BCUT2D eigenvalue weighted by Gasteiger charge is 2.28. The number of anilines is 4. The molecule has 4 heterocycles. The Balaban J connectivity index is 0.000000202. The maximum Gasteiger partial charge on any atom is 0.282 e. The smallest absolute Gasteiger partial charge is 0.282 e. The van der Waals surface area contributed by atoms with Crippen LogP contribution in [0.25, 0.3) is 45.3 Å². The average molecular weight is 1160 g/mol. The number of Topliss-reactive ketones (excluding diaryl/α,β-unsaturated/α-hetero) is 2. The molecule has 0 spiro atoms. The van der Waals surface area contributed by atoms with Crippen molar-refractivity contribution in [3.63, 3.8) is 0 Å². The first-order chi connectivity index (χ1) is 41.0. The van der Waals surface area contributed by atoms with Crippen molar-refractivity contribution in [1.29, 1.82) is 0 Å². The number of carbonyl (C=O) groups is 2. The summed E-state index contributed by atoms with van der Waals surface area (Å²) in [5.41, 5.74) is 9.47. The number of thioether (sulfide) groups is 2. The number of carbonyl (C=O) groups excluding carboxylic acids is 2. The first kappa shape index (κ1) is 61.4. The number of nitrogens with zero attached hydrogens (tertiary/aromatic N) is 7. The van der Waals surface area contributed by atoms with Crippen LogP contribution in [-0.2, 0) is 9.59 Å². The number of benzene rings is 6. The molecular weight excluding hydrogens is 1070 g/mol. The third-order valence-electron chi connectivity index (χ3n) is 16.1. The lowest BCUT2D eigenvalue weighted by atomic mass is 10.0. The largest absolute Gasteiger partial charge is 0.338 e. The van der Waals surface area contributed by atoms with Crippen LogP contribution in [-0.4, -0.2) is 78.4 Å². The van der Waals surface area contributed by atoms with Crippen LogP contribution in [0.1, 0.15) is 114 Å². The monoisotopic (exact) mass is 1160 g/mol. The molecule has 10 rings (SSSR count). The van der Waals surface area contributed by atoms with E-state index in [2.05, 4.69) is 265 Å². The van der Waals surface area contributed by atoms with Gasteiger partial charge in [-0.25, -0.2) is 0 Å². The Morgan fingerprint density at radius 3 is 1.26 bits per heavy atom. The van der Waals surface area contributed by atoms with E-state index in [9.17, 15) is 9.59 Å². The number of rotatable bonds is 27. The van der Waals surface area contributed by atoms with Crippen molar-refractivity contribution in [2.24, 2.45) is 0 Å². The van der Waals surface area contributed by atoms with Gasteiger partial charge in [-0.3, -0.25) is 19.4 Å². The van der Waals surface area contributed by atoms with Crippen molar-refractivity contribution >= 4 is 92.1 Å². The summed E-state index contributed by atoms with van der Waals surface area (Å²) in [7, 11) is 12.8. The van der Waals surface area contributed by atoms with Gasteiger partial charge in [0.25, 0.3) is 11.6 Å². The van der Waals surface area contributed by atoms with Crippen molar-refractivity contribution in [2.45, 2.75) is 113 Å². The third-order valence-corrected chi connectivity index (χ3v) is 18.5.